The van der Waals surface area contributed by atoms with Gasteiger partial charge in [0.1, 0.15) is 22.0 Å². The molecule has 0 bridgehead atoms. The number of fused-ring (bicyclic) bond motifs is 4. The predicted octanol–water partition coefficient (Wildman–Crippen LogP) is 4.86. The number of anilines is 1. The first kappa shape index (κ1) is 36.3. The molecule has 2 aromatic carbocycles. The molecule has 0 unspecified atom stereocenters. The van der Waals surface area contributed by atoms with Crippen LogP contribution in [-0.4, -0.2) is 128 Å². The Balaban J connectivity index is 0.000000215. The number of amides is 3. The third-order valence-electron chi connectivity index (χ3n) is 10.2. The highest BCUT2D eigenvalue weighted by molar-refractivity contribution is 6.30. The number of carbonyl (C=O) groups excluding carboxylic acids is 2. The van der Waals surface area contributed by atoms with E-state index in [0.29, 0.717) is 30.1 Å². The van der Waals surface area contributed by atoms with E-state index in [2.05, 4.69) is 53.9 Å². The number of rotatable bonds is 4. The van der Waals surface area contributed by atoms with Crippen LogP contribution < -0.4 is 4.90 Å². The second-order valence-corrected chi connectivity index (χ2v) is 14.9. The van der Waals surface area contributed by atoms with Crippen molar-refractivity contribution in [2.45, 2.75) is 44.7 Å². The molecular formula is C38H48ClN12O2+. The zero-order valence-corrected chi connectivity index (χ0v) is 31.9. The van der Waals surface area contributed by atoms with Gasteiger partial charge in [0.05, 0.1) is 12.2 Å². The monoisotopic (exact) mass is 739 g/mol. The number of nitrogens with zero attached hydrogens (tertiary/aromatic N) is 12. The summed E-state index contributed by atoms with van der Waals surface area (Å²) in [5.74, 6) is 3.43. The Morgan fingerprint density at radius 1 is 0.849 bits per heavy atom. The smallest absolute Gasteiger partial charge is 0.357 e. The molecule has 0 atom stereocenters. The molecule has 3 aliphatic rings. The standard InChI is InChI=1S/C27H32ClN7O.C11H16N5O/c1-32-12-7-20(8-13-32)27(36)34-17-21-16-22(28)5-6-23(21)35-25(18-34)30-31-26(35)19-9-14-33(15-10-19)24-4-2-3-11-29-24;1-14(2)11(15(3)4)17-16-10-8-6-5-7-9(10)12-13-16/h2-6,11,16,19-20H,7-10,12-15,17-18H2,1H3;5-8H,1-4H3/q;+1. The molecule has 0 saturated carbocycles. The van der Waals surface area contributed by atoms with Crippen molar-refractivity contribution in [2.24, 2.45) is 5.92 Å². The number of piperidine rings is 2. The SMILES string of the molecule is CN(C)C(=[O+]n1nnc2ccccc21)N(C)C.CN1CCC(C(=O)N2Cc3cc(Cl)ccc3-n3c(nnc3C3CCN(c4ccccn4)CC3)C2)CC1. The van der Waals surface area contributed by atoms with Crippen molar-refractivity contribution in [1.82, 2.24) is 54.5 Å². The zero-order chi connectivity index (χ0) is 37.1. The van der Waals surface area contributed by atoms with Gasteiger partial charge in [-0.2, -0.15) is 0 Å². The summed E-state index contributed by atoms with van der Waals surface area (Å²) in [6.45, 7) is 4.80. The van der Waals surface area contributed by atoms with Crippen LogP contribution in [-0.2, 0) is 17.9 Å². The van der Waals surface area contributed by atoms with Gasteiger partial charge in [-0.1, -0.05) is 29.8 Å². The van der Waals surface area contributed by atoms with E-state index in [1.807, 2.05) is 97.6 Å². The first-order chi connectivity index (χ1) is 25.7. The van der Waals surface area contributed by atoms with Gasteiger partial charge in [-0.05, 0) is 98.4 Å². The average molecular weight is 740 g/mol. The summed E-state index contributed by atoms with van der Waals surface area (Å²) in [5, 5.41) is 18.0. The number of pyridine rings is 1. The van der Waals surface area contributed by atoms with E-state index in [-0.39, 0.29) is 11.8 Å². The Kier molecular flexibility index (Phi) is 10.9. The highest BCUT2D eigenvalue weighted by atomic mass is 35.5. The number of hydrogen-bond acceptors (Lipinski definition) is 8. The lowest BCUT2D eigenvalue weighted by Crippen LogP contribution is -2.40. The maximum Gasteiger partial charge on any atom is 0.554 e. The highest BCUT2D eigenvalue weighted by Crippen LogP contribution is 2.35. The fraction of sp³-hybridized carbons (Fsp3) is 0.447. The van der Waals surface area contributed by atoms with E-state index in [9.17, 15) is 4.79 Å². The Labute approximate surface area is 315 Å². The van der Waals surface area contributed by atoms with Gasteiger partial charge in [0.25, 0.3) is 0 Å². The summed E-state index contributed by atoms with van der Waals surface area (Å²) < 4.78 is 7.91. The summed E-state index contributed by atoms with van der Waals surface area (Å²) >= 11 is 6.42. The van der Waals surface area contributed by atoms with Crippen molar-refractivity contribution in [3.63, 3.8) is 0 Å². The van der Waals surface area contributed by atoms with Crippen molar-refractivity contribution in [3.8, 4) is 5.69 Å². The van der Waals surface area contributed by atoms with Crippen LogP contribution >= 0.6 is 11.6 Å². The van der Waals surface area contributed by atoms with Crippen LogP contribution in [0.4, 0.5) is 10.3 Å². The maximum absolute atomic E-state index is 13.6. The van der Waals surface area contributed by atoms with Gasteiger partial charge in [-0.3, -0.25) is 19.2 Å². The van der Waals surface area contributed by atoms with E-state index in [1.54, 1.807) is 0 Å². The lowest BCUT2D eigenvalue weighted by molar-refractivity contribution is -0.244. The number of urea groups is 1. The lowest BCUT2D eigenvalue weighted by atomic mass is 9.95. The topological polar surface area (TPSA) is 119 Å². The van der Waals surface area contributed by atoms with Crippen LogP contribution in [0.5, 0.6) is 0 Å². The van der Waals surface area contributed by atoms with E-state index < -0.39 is 0 Å². The van der Waals surface area contributed by atoms with E-state index >= 15 is 0 Å². The lowest BCUT2D eigenvalue weighted by Gasteiger charge is -2.32. The molecule has 0 spiro atoms. The first-order valence-electron chi connectivity index (χ1n) is 18.2. The molecule has 5 aromatic rings. The van der Waals surface area contributed by atoms with Crippen molar-refractivity contribution in [1.29, 1.82) is 0 Å². The minimum absolute atomic E-state index is 0.0636. The molecule has 0 radical (unpaired) electrons. The first-order valence-corrected chi connectivity index (χ1v) is 18.6. The summed E-state index contributed by atoms with van der Waals surface area (Å²) in [6, 6.07) is 20.4. The van der Waals surface area contributed by atoms with Gasteiger partial charge in [0.2, 0.25) is 5.91 Å². The Morgan fingerprint density at radius 2 is 1.58 bits per heavy atom. The number of carbonyl (C=O) groups is 1. The van der Waals surface area contributed by atoms with E-state index in [1.165, 1.54) is 4.85 Å². The molecule has 15 heteroatoms. The number of para-hydroxylation sites is 1. The van der Waals surface area contributed by atoms with Crippen molar-refractivity contribution < 1.29 is 9.32 Å². The molecule has 2 fully saturated rings. The zero-order valence-electron chi connectivity index (χ0n) is 31.1. The van der Waals surface area contributed by atoms with Crippen LogP contribution in [0.2, 0.25) is 5.02 Å². The van der Waals surface area contributed by atoms with Crippen molar-refractivity contribution in [3.05, 3.63) is 89.1 Å². The van der Waals surface area contributed by atoms with Crippen LogP contribution in [0.25, 0.3) is 16.7 Å². The third-order valence-corrected chi connectivity index (χ3v) is 10.4. The Morgan fingerprint density at radius 3 is 2.30 bits per heavy atom. The van der Waals surface area contributed by atoms with Crippen LogP contribution in [0.1, 0.15) is 48.8 Å². The van der Waals surface area contributed by atoms with Crippen LogP contribution in [0.15, 0.2) is 66.9 Å². The van der Waals surface area contributed by atoms with E-state index in [0.717, 1.165) is 91.6 Å². The Bertz CT molecular complexity index is 2040. The summed E-state index contributed by atoms with van der Waals surface area (Å²) in [6.07, 6.45) is 5.62. The summed E-state index contributed by atoms with van der Waals surface area (Å²) in [4.78, 5) is 29.9. The number of benzene rings is 2. The van der Waals surface area contributed by atoms with Gasteiger partial charge in [0.15, 0.2) is 11.3 Å². The molecule has 278 valence electrons. The van der Waals surface area contributed by atoms with Gasteiger partial charge < -0.3 is 14.7 Å². The van der Waals surface area contributed by atoms with E-state index in [4.69, 9.17) is 21.2 Å². The van der Waals surface area contributed by atoms with Gasteiger partial charge in [-0.15, -0.1) is 15.3 Å². The molecule has 0 N–H and O–H groups in total. The van der Waals surface area contributed by atoms with Gasteiger partial charge in [0, 0.05) is 76.1 Å². The second-order valence-electron chi connectivity index (χ2n) is 14.4. The fourth-order valence-corrected chi connectivity index (χ4v) is 7.62. The van der Waals surface area contributed by atoms with Crippen LogP contribution in [0.3, 0.4) is 0 Å². The van der Waals surface area contributed by atoms with Gasteiger partial charge >= 0.3 is 6.03 Å². The second kappa shape index (κ2) is 15.9. The van der Waals surface area contributed by atoms with Crippen molar-refractivity contribution in [2.75, 3.05) is 66.3 Å². The minimum Gasteiger partial charge on any atom is -0.357 e. The minimum atomic E-state index is 0.0636. The predicted molar refractivity (Wildman–Crippen MR) is 205 cm³/mol. The molecule has 14 nitrogen and oxygen atoms in total. The molecule has 53 heavy (non-hydrogen) atoms. The maximum atomic E-state index is 13.6. The molecule has 8 rings (SSSR count). The quantitative estimate of drug-likeness (QED) is 0.240. The number of aromatic nitrogens is 7. The number of halogens is 1. The molecule has 0 aliphatic carbocycles. The molecular weight excluding hydrogens is 692 g/mol. The molecule has 3 aromatic heterocycles. The highest BCUT2D eigenvalue weighted by Gasteiger charge is 2.34. The average Bonchev–Trinajstić information content (AvgIpc) is 3.74. The normalized spacial score (nSPS) is 16.6. The third kappa shape index (κ3) is 7.98. The molecule has 3 amide bonds. The van der Waals surface area contributed by atoms with Gasteiger partial charge in [-0.25, -0.2) is 4.98 Å². The molecule has 6 heterocycles. The molecule has 3 aliphatic heterocycles. The summed E-state index contributed by atoms with van der Waals surface area (Å²) in [7, 11) is 9.77. The number of hydrogen-bond donors (Lipinski definition) is 0. The largest absolute Gasteiger partial charge is 0.554 e. The molecule has 2 saturated heterocycles. The Hall–Kier alpha value is -5.08. The van der Waals surface area contributed by atoms with Crippen LogP contribution in [0, 0.1) is 5.92 Å². The fourth-order valence-electron chi connectivity index (χ4n) is 7.42. The number of likely N-dealkylation sites (tertiary alicyclic amines) is 1. The van der Waals surface area contributed by atoms with Crippen molar-refractivity contribution >= 4 is 40.4 Å². The summed E-state index contributed by atoms with van der Waals surface area (Å²) in [5.41, 5.74) is 3.74.